The molecule has 0 spiro atoms. The number of nitrogen functional groups attached to an aromatic ring is 2. The first kappa shape index (κ1) is 21.3. The number of nitrogens with two attached hydrogens (primary N) is 2. The molecule has 6 nitrogen and oxygen atoms in total. The van der Waals surface area contributed by atoms with E-state index in [1.165, 1.54) is 0 Å². The van der Waals surface area contributed by atoms with Crippen LogP contribution in [-0.2, 0) is 15.0 Å². The van der Waals surface area contributed by atoms with Gasteiger partial charge in [-0.1, -0.05) is 49.9 Å². The van der Waals surface area contributed by atoms with E-state index in [1.54, 1.807) is 48.5 Å². The zero-order valence-electron chi connectivity index (χ0n) is 15.9. The Bertz CT molecular complexity index is 740. The van der Waals surface area contributed by atoms with Gasteiger partial charge in [-0.15, -0.1) is 0 Å². The Morgan fingerprint density at radius 1 is 0.714 bits per heavy atom. The summed E-state index contributed by atoms with van der Waals surface area (Å²) in [7, 11) is 0. The van der Waals surface area contributed by atoms with Crippen LogP contribution in [0.1, 0.15) is 56.1 Å². The quantitative estimate of drug-likeness (QED) is 0.342. The molecule has 6 heteroatoms. The van der Waals surface area contributed by atoms with Crippen molar-refractivity contribution >= 4 is 23.3 Å². The van der Waals surface area contributed by atoms with Crippen LogP contribution in [0.5, 0.6) is 0 Å². The van der Waals surface area contributed by atoms with Crippen LogP contribution in [0.4, 0.5) is 11.4 Å². The monoisotopic (exact) mass is 384 g/mol. The number of hydrogen-bond acceptors (Lipinski definition) is 4. The van der Waals surface area contributed by atoms with E-state index in [9.17, 15) is 14.7 Å². The zero-order valence-corrected chi connectivity index (χ0v) is 15.9. The van der Waals surface area contributed by atoms with Crippen LogP contribution in [0.2, 0.25) is 0 Å². The summed E-state index contributed by atoms with van der Waals surface area (Å²) in [5, 5.41) is 18.9. The SMILES string of the molecule is Nc1ccc(C(CCCCCCCC(=O)O)(C(=O)O)c2ccc(N)cc2)cc1. The van der Waals surface area contributed by atoms with Gasteiger partial charge in [0.1, 0.15) is 5.41 Å². The van der Waals surface area contributed by atoms with E-state index in [2.05, 4.69) is 0 Å². The molecule has 0 aromatic heterocycles. The summed E-state index contributed by atoms with van der Waals surface area (Å²) in [5.74, 6) is -1.69. The van der Waals surface area contributed by atoms with Crippen molar-refractivity contribution in [2.24, 2.45) is 0 Å². The summed E-state index contributed by atoms with van der Waals surface area (Å²) in [6, 6.07) is 14.0. The molecule has 0 bridgehead atoms. The second-order valence-electron chi connectivity index (χ2n) is 7.12. The normalized spacial score (nSPS) is 11.3. The Kier molecular flexibility index (Phi) is 7.44. The van der Waals surface area contributed by atoms with Gasteiger partial charge in [0.2, 0.25) is 0 Å². The molecule has 0 aliphatic carbocycles. The number of unbranched alkanes of at least 4 members (excludes halogenated alkanes) is 4. The van der Waals surface area contributed by atoms with E-state index in [-0.39, 0.29) is 6.42 Å². The van der Waals surface area contributed by atoms with E-state index in [1.807, 2.05) is 0 Å². The third-order valence-corrected chi connectivity index (χ3v) is 5.11. The zero-order chi connectivity index (χ0) is 20.6. The maximum absolute atomic E-state index is 12.5. The van der Waals surface area contributed by atoms with Gasteiger partial charge in [0.25, 0.3) is 0 Å². The summed E-state index contributed by atoms with van der Waals surface area (Å²) in [6.07, 6.45) is 4.54. The lowest BCUT2D eigenvalue weighted by Crippen LogP contribution is -2.37. The molecule has 0 fully saturated rings. The molecule has 2 aromatic rings. The van der Waals surface area contributed by atoms with Gasteiger partial charge in [-0.3, -0.25) is 9.59 Å². The Balaban J connectivity index is 2.20. The summed E-state index contributed by atoms with van der Waals surface area (Å²) in [4.78, 5) is 23.1. The third-order valence-electron chi connectivity index (χ3n) is 5.11. The van der Waals surface area contributed by atoms with Crippen molar-refractivity contribution < 1.29 is 19.8 Å². The number of rotatable bonds is 11. The summed E-state index contributed by atoms with van der Waals surface area (Å²) in [6.45, 7) is 0. The molecular formula is C22H28N2O4. The number of benzene rings is 2. The third kappa shape index (κ3) is 5.25. The molecule has 0 atom stereocenters. The van der Waals surface area contributed by atoms with E-state index in [0.29, 0.717) is 41.8 Å². The predicted molar refractivity (Wildman–Crippen MR) is 110 cm³/mol. The van der Waals surface area contributed by atoms with Crippen LogP contribution >= 0.6 is 0 Å². The van der Waals surface area contributed by atoms with Crippen molar-refractivity contribution in [3.8, 4) is 0 Å². The highest BCUT2D eigenvalue weighted by Crippen LogP contribution is 2.38. The van der Waals surface area contributed by atoms with Gasteiger partial charge in [-0.05, 0) is 48.2 Å². The topological polar surface area (TPSA) is 127 Å². The van der Waals surface area contributed by atoms with Crippen LogP contribution in [0, 0.1) is 0 Å². The lowest BCUT2D eigenvalue weighted by Gasteiger charge is -2.31. The Hall–Kier alpha value is -3.02. The molecule has 28 heavy (non-hydrogen) atoms. The van der Waals surface area contributed by atoms with Crippen LogP contribution in [0.3, 0.4) is 0 Å². The van der Waals surface area contributed by atoms with Crippen molar-refractivity contribution in [3.05, 3.63) is 59.7 Å². The van der Waals surface area contributed by atoms with Crippen molar-refractivity contribution in [1.29, 1.82) is 0 Å². The fourth-order valence-electron chi connectivity index (χ4n) is 3.54. The van der Waals surface area contributed by atoms with Gasteiger partial charge in [0.05, 0.1) is 0 Å². The number of carboxylic acids is 2. The van der Waals surface area contributed by atoms with Gasteiger partial charge >= 0.3 is 11.9 Å². The molecule has 6 N–H and O–H groups in total. The fraction of sp³-hybridized carbons (Fsp3) is 0.364. The molecule has 0 saturated carbocycles. The Morgan fingerprint density at radius 2 is 1.14 bits per heavy atom. The molecule has 0 unspecified atom stereocenters. The van der Waals surface area contributed by atoms with E-state index in [4.69, 9.17) is 16.6 Å². The molecule has 0 radical (unpaired) electrons. The molecular weight excluding hydrogens is 356 g/mol. The van der Waals surface area contributed by atoms with Crippen LogP contribution in [-0.4, -0.2) is 22.2 Å². The highest BCUT2D eigenvalue weighted by atomic mass is 16.4. The van der Waals surface area contributed by atoms with E-state index < -0.39 is 17.4 Å². The minimum atomic E-state index is -1.18. The van der Waals surface area contributed by atoms with Gasteiger partial charge in [-0.2, -0.15) is 0 Å². The first-order valence-electron chi connectivity index (χ1n) is 9.53. The van der Waals surface area contributed by atoms with Crippen molar-refractivity contribution in [2.75, 3.05) is 11.5 Å². The highest BCUT2D eigenvalue weighted by molar-refractivity contribution is 5.86. The van der Waals surface area contributed by atoms with Crippen molar-refractivity contribution in [2.45, 2.75) is 50.4 Å². The number of anilines is 2. The fourth-order valence-corrected chi connectivity index (χ4v) is 3.54. The first-order chi connectivity index (χ1) is 13.4. The standard InChI is InChI=1S/C22H28N2O4/c23-18-11-7-16(8-12-18)22(21(27)28,17-9-13-19(24)14-10-17)15-5-3-1-2-4-6-20(25)26/h7-14H,1-6,15,23-24H2,(H,25,26)(H,27,28). The average molecular weight is 384 g/mol. The second kappa shape index (κ2) is 9.78. The summed E-state index contributed by atoms with van der Waals surface area (Å²) >= 11 is 0. The molecule has 0 aliphatic heterocycles. The first-order valence-corrected chi connectivity index (χ1v) is 9.53. The minimum Gasteiger partial charge on any atom is -0.481 e. The van der Waals surface area contributed by atoms with Crippen LogP contribution < -0.4 is 11.5 Å². The maximum atomic E-state index is 12.5. The summed E-state index contributed by atoms with van der Waals surface area (Å²) < 4.78 is 0. The summed E-state index contributed by atoms with van der Waals surface area (Å²) in [5.41, 5.74) is 12.9. The number of hydrogen-bond donors (Lipinski definition) is 4. The average Bonchev–Trinajstić information content (AvgIpc) is 2.65. The Labute approximate surface area is 165 Å². The molecule has 0 saturated heterocycles. The largest absolute Gasteiger partial charge is 0.481 e. The van der Waals surface area contributed by atoms with E-state index >= 15 is 0 Å². The number of carboxylic acid groups (broad SMARTS) is 2. The minimum absolute atomic E-state index is 0.177. The molecule has 2 rings (SSSR count). The second-order valence-corrected chi connectivity index (χ2v) is 7.12. The molecule has 150 valence electrons. The highest BCUT2D eigenvalue weighted by Gasteiger charge is 2.41. The molecule has 0 heterocycles. The van der Waals surface area contributed by atoms with Gasteiger partial charge in [0, 0.05) is 17.8 Å². The van der Waals surface area contributed by atoms with Gasteiger partial charge < -0.3 is 21.7 Å². The number of aliphatic carboxylic acids is 2. The Morgan fingerprint density at radius 3 is 1.57 bits per heavy atom. The van der Waals surface area contributed by atoms with Crippen LogP contribution in [0.15, 0.2) is 48.5 Å². The lowest BCUT2D eigenvalue weighted by molar-refractivity contribution is -0.142. The smallest absolute Gasteiger partial charge is 0.318 e. The van der Waals surface area contributed by atoms with Gasteiger partial charge in [0.15, 0.2) is 0 Å². The number of carbonyl (C=O) groups is 2. The molecule has 0 aliphatic rings. The van der Waals surface area contributed by atoms with E-state index in [0.717, 1.165) is 19.3 Å². The predicted octanol–water partition coefficient (Wildman–Crippen LogP) is 4.04. The maximum Gasteiger partial charge on any atom is 0.318 e. The van der Waals surface area contributed by atoms with Gasteiger partial charge in [-0.25, -0.2) is 0 Å². The van der Waals surface area contributed by atoms with Crippen molar-refractivity contribution in [1.82, 2.24) is 0 Å². The lowest BCUT2D eigenvalue weighted by atomic mass is 9.71. The molecule has 0 amide bonds. The molecule has 2 aromatic carbocycles. The van der Waals surface area contributed by atoms with Crippen LogP contribution in [0.25, 0.3) is 0 Å². The van der Waals surface area contributed by atoms with Crippen molar-refractivity contribution in [3.63, 3.8) is 0 Å².